The lowest BCUT2D eigenvalue weighted by Gasteiger charge is -1.97. The van der Waals surface area contributed by atoms with Gasteiger partial charge in [-0.3, -0.25) is 12.8 Å². The summed E-state index contributed by atoms with van der Waals surface area (Å²) in [6, 6.07) is 2.72. The van der Waals surface area contributed by atoms with Gasteiger partial charge in [-0.1, -0.05) is 0 Å². The molecule has 0 unspecified atom stereocenters. The number of nitrogens with zero attached hydrogens (tertiary/aromatic N) is 1. The Bertz CT molecular complexity index is 101. The zero-order valence-electron chi connectivity index (χ0n) is 4.86. The molecule has 0 aliphatic heterocycles. The average molecular weight is 115 g/mol. The molecule has 0 saturated heterocycles. The molecule has 0 fully saturated rings. The fourth-order valence-electron chi connectivity index (χ4n) is 0.137. The van der Waals surface area contributed by atoms with Crippen LogP contribution in [0.3, 0.4) is 0 Å². The summed E-state index contributed by atoms with van der Waals surface area (Å²) >= 11 is 4.31. The Hall–Kier alpha value is -0.290. The molecule has 0 radical (unpaired) electrons. The maximum Gasteiger partial charge on any atom is 0.258 e. The molecule has 2 heteroatoms. The van der Waals surface area contributed by atoms with Crippen LogP contribution in [0.25, 0.3) is 4.25 Å². The Morgan fingerprint density at radius 2 is 1.86 bits per heavy atom. The molecular weight excluding hydrogens is 106 g/mol. The summed E-state index contributed by atoms with van der Waals surface area (Å²) in [6.07, 6.45) is 0. The third kappa shape index (κ3) is 5.71. The van der Waals surface area contributed by atoms with Crippen molar-refractivity contribution in [3.05, 3.63) is 4.25 Å². The molecule has 0 aromatic carbocycles. The quantitative estimate of drug-likeness (QED) is 0.436. The molecule has 0 aromatic rings. The second kappa shape index (κ2) is 2.13. The molecule has 0 atom stereocenters. The molecule has 40 valence electrons. The lowest BCUT2D eigenvalue weighted by Crippen LogP contribution is -1.97. The molecule has 0 amide bonds. The van der Waals surface area contributed by atoms with E-state index >= 15 is 0 Å². The van der Waals surface area contributed by atoms with Crippen molar-refractivity contribution in [2.45, 2.75) is 20.8 Å². The number of hydrogen-bond donors (Lipinski definition) is 0. The molecular formula is C5H9NS. The molecule has 0 rings (SSSR count). The summed E-state index contributed by atoms with van der Waals surface area (Å²) in [5, 5.41) is 0. The van der Waals surface area contributed by atoms with Crippen LogP contribution in [0.1, 0.15) is 20.8 Å². The Morgan fingerprint density at radius 1 is 1.43 bits per heavy atom. The standard InChI is InChI=1S/C5H9NS/c1-5(2,3)4-6-7/h1-3H3. The third-order valence-electron chi connectivity index (χ3n) is 0.381. The van der Waals surface area contributed by atoms with Gasteiger partial charge in [-0.2, -0.15) is 4.25 Å². The van der Waals surface area contributed by atoms with Gasteiger partial charge in [0.1, 0.15) is 0 Å². The van der Waals surface area contributed by atoms with Crippen molar-refractivity contribution < 1.29 is 0 Å². The van der Waals surface area contributed by atoms with Gasteiger partial charge in [-0.05, 0) is 20.8 Å². The van der Waals surface area contributed by atoms with Gasteiger partial charge < -0.3 is 0 Å². The summed E-state index contributed by atoms with van der Waals surface area (Å²) < 4.78 is 3.34. The van der Waals surface area contributed by atoms with Crippen LogP contribution < -0.4 is 0 Å². The van der Waals surface area contributed by atoms with Crippen molar-refractivity contribution in [2.75, 3.05) is 0 Å². The molecule has 0 saturated carbocycles. The predicted octanol–water partition coefficient (Wildman–Crippen LogP) is 1.83. The molecule has 0 aliphatic carbocycles. The van der Waals surface area contributed by atoms with Gasteiger partial charge in [-0.25, -0.2) is 0 Å². The minimum absolute atomic E-state index is 0.0295. The first-order valence-corrected chi connectivity index (χ1v) is 2.52. The molecule has 0 spiro atoms. The zero-order chi connectivity index (χ0) is 5.91. The third-order valence-corrected chi connectivity index (χ3v) is 0.472. The Kier molecular flexibility index (Phi) is 2.04. The van der Waals surface area contributed by atoms with Gasteiger partial charge in [0.15, 0.2) is 0 Å². The largest absolute Gasteiger partial charge is 0.264 e. The molecule has 0 bridgehead atoms. The van der Waals surface area contributed by atoms with Crippen LogP contribution in [0.15, 0.2) is 0 Å². The van der Waals surface area contributed by atoms with Crippen LogP contribution in [0.2, 0.25) is 0 Å². The lowest BCUT2D eigenvalue weighted by molar-refractivity contribution is 0.570. The van der Waals surface area contributed by atoms with Gasteiger partial charge in [0.2, 0.25) is 0 Å². The maximum absolute atomic E-state index is 4.31. The lowest BCUT2D eigenvalue weighted by atomic mass is 10.0. The first-order chi connectivity index (χ1) is 3.06. The highest BCUT2D eigenvalue weighted by Crippen LogP contribution is 2.09. The van der Waals surface area contributed by atoms with Crippen molar-refractivity contribution in [2.24, 2.45) is 5.41 Å². The van der Waals surface area contributed by atoms with E-state index in [4.69, 9.17) is 0 Å². The summed E-state index contributed by atoms with van der Waals surface area (Å²) in [5.41, 5.74) is 0.0295. The highest BCUT2D eigenvalue weighted by atomic mass is 32.1. The number of hydrogen-bond acceptors (Lipinski definition) is 1. The highest BCUT2D eigenvalue weighted by Gasteiger charge is 2.10. The number of rotatable bonds is 0. The van der Waals surface area contributed by atoms with Crippen molar-refractivity contribution in [1.82, 2.24) is 0 Å². The summed E-state index contributed by atoms with van der Waals surface area (Å²) in [7, 11) is 0. The predicted molar refractivity (Wildman–Crippen MR) is 34.1 cm³/mol. The zero-order valence-corrected chi connectivity index (χ0v) is 5.67. The van der Waals surface area contributed by atoms with Crippen LogP contribution in [-0.2, 0) is 12.8 Å². The van der Waals surface area contributed by atoms with Crippen LogP contribution in [0.5, 0.6) is 0 Å². The van der Waals surface area contributed by atoms with Crippen molar-refractivity contribution >= 4 is 12.8 Å². The Balaban J connectivity index is 3.72. The van der Waals surface area contributed by atoms with Crippen molar-refractivity contribution in [3.8, 4) is 6.07 Å². The van der Waals surface area contributed by atoms with E-state index in [1.807, 2.05) is 20.8 Å². The fraction of sp³-hybridized carbons (Fsp3) is 0.800. The van der Waals surface area contributed by atoms with Gasteiger partial charge >= 0.3 is 0 Å². The minimum Gasteiger partial charge on any atom is -0.264 e. The van der Waals surface area contributed by atoms with E-state index in [1.54, 1.807) is 0 Å². The smallest absolute Gasteiger partial charge is 0.258 e. The van der Waals surface area contributed by atoms with Crippen LogP contribution in [0.4, 0.5) is 0 Å². The van der Waals surface area contributed by atoms with E-state index in [0.29, 0.717) is 0 Å². The second-order valence-electron chi connectivity index (χ2n) is 2.45. The fourth-order valence-corrected chi connectivity index (χ4v) is 0.411. The first-order valence-electron chi connectivity index (χ1n) is 2.16. The van der Waals surface area contributed by atoms with Gasteiger partial charge in [0.25, 0.3) is 6.07 Å². The van der Waals surface area contributed by atoms with Crippen LogP contribution in [0, 0.1) is 11.5 Å². The van der Waals surface area contributed by atoms with Gasteiger partial charge in [0, 0.05) is 0 Å². The Morgan fingerprint density at radius 3 is 1.86 bits per heavy atom. The average Bonchev–Trinajstić information content (AvgIpc) is 1.30. The summed E-state index contributed by atoms with van der Waals surface area (Å²) in [4.78, 5) is 0. The normalized spacial score (nSPS) is 9.57. The van der Waals surface area contributed by atoms with Crippen LogP contribution >= 0.6 is 0 Å². The topological polar surface area (TPSA) is 4.36 Å². The second-order valence-corrected chi connectivity index (χ2v) is 2.64. The molecule has 0 aromatic heterocycles. The highest BCUT2D eigenvalue weighted by molar-refractivity contribution is 7.61. The molecule has 0 aliphatic rings. The monoisotopic (exact) mass is 115 g/mol. The van der Waals surface area contributed by atoms with E-state index in [9.17, 15) is 0 Å². The van der Waals surface area contributed by atoms with E-state index < -0.39 is 0 Å². The minimum atomic E-state index is 0.0295. The van der Waals surface area contributed by atoms with Crippen molar-refractivity contribution in [3.63, 3.8) is 0 Å². The maximum atomic E-state index is 4.31. The SMILES string of the molecule is CC(C)(C)C#[N+][S-]. The van der Waals surface area contributed by atoms with Crippen molar-refractivity contribution in [1.29, 1.82) is 0 Å². The van der Waals surface area contributed by atoms with Crippen LogP contribution in [-0.4, -0.2) is 0 Å². The van der Waals surface area contributed by atoms with E-state index in [-0.39, 0.29) is 5.41 Å². The molecule has 0 heterocycles. The summed E-state index contributed by atoms with van der Waals surface area (Å²) in [5.74, 6) is 0. The van der Waals surface area contributed by atoms with Gasteiger partial charge in [-0.15, -0.1) is 0 Å². The van der Waals surface area contributed by atoms with Gasteiger partial charge in [0.05, 0.1) is 5.41 Å². The molecule has 7 heavy (non-hydrogen) atoms. The molecule has 0 N–H and O–H groups in total. The van der Waals surface area contributed by atoms with E-state index in [1.165, 1.54) is 0 Å². The first kappa shape index (κ1) is 6.71. The van der Waals surface area contributed by atoms with E-state index in [2.05, 4.69) is 23.1 Å². The van der Waals surface area contributed by atoms with E-state index in [0.717, 1.165) is 0 Å². The Labute approximate surface area is 50.1 Å². The molecule has 1 nitrogen and oxygen atoms in total. The summed E-state index contributed by atoms with van der Waals surface area (Å²) in [6.45, 7) is 6.01.